The summed E-state index contributed by atoms with van der Waals surface area (Å²) in [4.78, 5) is 27.0. The number of benzene rings is 1. The highest BCUT2D eigenvalue weighted by molar-refractivity contribution is 6.03. The first-order valence-corrected chi connectivity index (χ1v) is 8.97. The van der Waals surface area contributed by atoms with Crippen molar-refractivity contribution in [1.29, 1.82) is 0 Å². The van der Waals surface area contributed by atoms with E-state index < -0.39 is 0 Å². The van der Waals surface area contributed by atoms with E-state index in [-0.39, 0.29) is 23.1 Å². The standard InChI is InChI=1S/C20H30N2O2/c1-15(20(2,3)4)14-18(23)21-17-11-7-6-10-16(17)19(24)22-12-8-5-9-13-22/h6-7,10-11,15H,5,8-9,12-14H2,1-4H3,(H,21,23). The van der Waals surface area contributed by atoms with Gasteiger partial charge in [-0.05, 0) is 42.7 Å². The highest BCUT2D eigenvalue weighted by Crippen LogP contribution is 2.28. The molecule has 1 N–H and O–H groups in total. The van der Waals surface area contributed by atoms with E-state index in [0.29, 0.717) is 17.7 Å². The minimum atomic E-state index is -0.0312. The van der Waals surface area contributed by atoms with Gasteiger partial charge in [0.1, 0.15) is 0 Å². The van der Waals surface area contributed by atoms with Crippen molar-refractivity contribution in [2.75, 3.05) is 18.4 Å². The Bertz CT molecular complexity index is 584. The number of carbonyl (C=O) groups excluding carboxylic acids is 2. The molecule has 4 nitrogen and oxygen atoms in total. The molecule has 0 spiro atoms. The number of para-hydroxylation sites is 1. The Morgan fingerprint density at radius 1 is 1.12 bits per heavy atom. The van der Waals surface area contributed by atoms with Crippen LogP contribution in [0.1, 0.15) is 63.7 Å². The van der Waals surface area contributed by atoms with E-state index in [0.717, 1.165) is 25.9 Å². The van der Waals surface area contributed by atoms with E-state index in [1.54, 1.807) is 6.07 Å². The molecule has 4 heteroatoms. The highest BCUT2D eigenvalue weighted by atomic mass is 16.2. The molecule has 1 aliphatic heterocycles. The smallest absolute Gasteiger partial charge is 0.255 e. The molecule has 1 heterocycles. The van der Waals surface area contributed by atoms with E-state index in [4.69, 9.17) is 0 Å². The van der Waals surface area contributed by atoms with Gasteiger partial charge in [0.2, 0.25) is 5.91 Å². The predicted molar refractivity (Wildman–Crippen MR) is 98.1 cm³/mol. The predicted octanol–water partition coefficient (Wildman–Crippen LogP) is 4.32. The van der Waals surface area contributed by atoms with Gasteiger partial charge in [0, 0.05) is 19.5 Å². The van der Waals surface area contributed by atoms with Crippen molar-refractivity contribution in [2.24, 2.45) is 11.3 Å². The van der Waals surface area contributed by atoms with Gasteiger partial charge in [-0.2, -0.15) is 0 Å². The number of nitrogens with one attached hydrogen (secondary N) is 1. The summed E-state index contributed by atoms with van der Waals surface area (Å²) in [6.45, 7) is 10.1. The molecule has 0 bridgehead atoms. The summed E-state index contributed by atoms with van der Waals surface area (Å²) < 4.78 is 0. The molecule has 1 aliphatic rings. The molecule has 1 unspecified atom stereocenters. The molecule has 0 aliphatic carbocycles. The average Bonchev–Trinajstić information content (AvgIpc) is 2.54. The molecule has 0 radical (unpaired) electrons. The molecule has 1 aromatic carbocycles. The summed E-state index contributed by atoms with van der Waals surface area (Å²) in [5, 5.41) is 2.95. The van der Waals surface area contributed by atoms with Crippen LogP contribution in [-0.2, 0) is 4.79 Å². The normalized spacial score (nSPS) is 16.6. The Balaban J connectivity index is 2.08. The van der Waals surface area contributed by atoms with Gasteiger partial charge in [-0.15, -0.1) is 0 Å². The van der Waals surface area contributed by atoms with Crippen LogP contribution in [0, 0.1) is 11.3 Å². The molecule has 24 heavy (non-hydrogen) atoms. The van der Waals surface area contributed by atoms with Gasteiger partial charge in [0.25, 0.3) is 5.91 Å². The fourth-order valence-corrected chi connectivity index (χ4v) is 2.83. The van der Waals surface area contributed by atoms with Crippen LogP contribution in [-0.4, -0.2) is 29.8 Å². The molecule has 0 aromatic heterocycles. The Kier molecular flexibility index (Phi) is 6.03. The average molecular weight is 330 g/mol. The first-order valence-electron chi connectivity index (χ1n) is 8.97. The van der Waals surface area contributed by atoms with Gasteiger partial charge in [0.15, 0.2) is 0 Å². The van der Waals surface area contributed by atoms with Crippen molar-refractivity contribution in [3.63, 3.8) is 0 Å². The minimum absolute atomic E-state index is 0.0227. The maximum atomic E-state index is 12.8. The lowest BCUT2D eigenvalue weighted by molar-refractivity contribution is -0.117. The van der Waals surface area contributed by atoms with E-state index in [9.17, 15) is 9.59 Å². The number of amides is 2. The van der Waals surface area contributed by atoms with Gasteiger partial charge in [-0.3, -0.25) is 9.59 Å². The lowest BCUT2D eigenvalue weighted by Gasteiger charge is -2.28. The number of likely N-dealkylation sites (tertiary alicyclic amines) is 1. The molecule has 132 valence electrons. The molecule has 1 fully saturated rings. The van der Waals surface area contributed by atoms with Crippen molar-refractivity contribution in [2.45, 2.75) is 53.4 Å². The number of hydrogen-bond donors (Lipinski definition) is 1. The first kappa shape index (κ1) is 18.5. The SMILES string of the molecule is CC(CC(=O)Nc1ccccc1C(=O)N1CCCCC1)C(C)(C)C. The van der Waals surface area contributed by atoms with Gasteiger partial charge in [0.05, 0.1) is 11.3 Å². The van der Waals surface area contributed by atoms with Crippen LogP contribution < -0.4 is 5.32 Å². The fourth-order valence-electron chi connectivity index (χ4n) is 2.83. The van der Waals surface area contributed by atoms with Crippen LogP contribution in [0.5, 0.6) is 0 Å². The summed E-state index contributed by atoms with van der Waals surface area (Å²) >= 11 is 0. The molecule has 2 amide bonds. The van der Waals surface area contributed by atoms with E-state index in [1.165, 1.54) is 6.42 Å². The summed E-state index contributed by atoms with van der Waals surface area (Å²) in [5.74, 6) is 0.258. The lowest BCUT2D eigenvalue weighted by Crippen LogP contribution is -2.36. The molecule has 0 saturated carbocycles. The maximum Gasteiger partial charge on any atom is 0.255 e. The number of piperidine rings is 1. The second-order valence-electron chi connectivity index (χ2n) is 7.92. The van der Waals surface area contributed by atoms with Crippen LogP contribution in [0.2, 0.25) is 0 Å². The van der Waals surface area contributed by atoms with Gasteiger partial charge in [-0.1, -0.05) is 39.8 Å². The summed E-state index contributed by atoms with van der Waals surface area (Å²) in [5.41, 5.74) is 1.30. The third kappa shape index (κ3) is 4.83. The highest BCUT2D eigenvalue weighted by Gasteiger charge is 2.24. The van der Waals surface area contributed by atoms with E-state index >= 15 is 0 Å². The van der Waals surface area contributed by atoms with Crippen molar-refractivity contribution in [3.8, 4) is 0 Å². The topological polar surface area (TPSA) is 49.4 Å². The van der Waals surface area contributed by atoms with Crippen molar-refractivity contribution in [3.05, 3.63) is 29.8 Å². The van der Waals surface area contributed by atoms with E-state index in [2.05, 4.69) is 33.0 Å². The Morgan fingerprint density at radius 3 is 2.38 bits per heavy atom. The van der Waals surface area contributed by atoms with Crippen LogP contribution >= 0.6 is 0 Å². The van der Waals surface area contributed by atoms with Crippen molar-refractivity contribution < 1.29 is 9.59 Å². The quantitative estimate of drug-likeness (QED) is 0.893. The zero-order valence-electron chi connectivity index (χ0n) is 15.4. The number of nitrogens with zero attached hydrogens (tertiary/aromatic N) is 1. The summed E-state index contributed by atoms with van der Waals surface area (Å²) in [7, 11) is 0. The minimum Gasteiger partial charge on any atom is -0.339 e. The third-order valence-corrected chi connectivity index (χ3v) is 5.04. The lowest BCUT2D eigenvalue weighted by atomic mass is 9.80. The number of rotatable bonds is 4. The van der Waals surface area contributed by atoms with Gasteiger partial charge in [-0.25, -0.2) is 0 Å². The number of carbonyl (C=O) groups is 2. The van der Waals surface area contributed by atoms with Crippen molar-refractivity contribution in [1.82, 2.24) is 4.90 Å². The monoisotopic (exact) mass is 330 g/mol. The molecule has 1 atom stereocenters. The Hall–Kier alpha value is -1.84. The van der Waals surface area contributed by atoms with Crippen molar-refractivity contribution >= 4 is 17.5 Å². The molecular formula is C20H30N2O2. The van der Waals surface area contributed by atoms with Gasteiger partial charge < -0.3 is 10.2 Å². The molecule has 1 aromatic rings. The Morgan fingerprint density at radius 2 is 1.75 bits per heavy atom. The number of anilines is 1. The second kappa shape index (κ2) is 7.82. The van der Waals surface area contributed by atoms with Gasteiger partial charge >= 0.3 is 0 Å². The molecular weight excluding hydrogens is 300 g/mol. The van der Waals surface area contributed by atoms with Crippen LogP contribution in [0.3, 0.4) is 0 Å². The molecule has 2 rings (SSSR count). The molecule has 1 saturated heterocycles. The second-order valence-corrected chi connectivity index (χ2v) is 7.92. The Labute approximate surface area is 145 Å². The third-order valence-electron chi connectivity index (χ3n) is 5.04. The zero-order valence-corrected chi connectivity index (χ0v) is 15.4. The van der Waals surface area contributed by atoms with Crippen LogP contribution in [0.15, 0.2) is 24.3 Å². The van der Waals surface area contributed by atoms with Crippen LogP contribution in [0.25, 0.3) is 0 Å². The fraction of sp³-hybridized carbons (Fsp3) is 0.600. The van der Waals surface area contributed by atoms with Crippen LogP contribution in [0.4, 0.5) is 5.69 Å². The maximum absolute atomic E-state index is 12.8. The first-order chi connectivity index (χ1) is 11.3. The summed E-state index contributed by atoms with van der Waals surface area (Å²) in [6.07, 6.45) is 3.76. The number of hydrogen-bond acceptors (Lipinski definition) is 2. The van der Waals surface area contributed by atoms with E-state index in [1.807, 2.05) is 23.1 Å². The zero-order chi connectivity index (χ0) is 17.7. The summed E-state index contributed by atoms with van der Waals surface area (Å²) in [6, 6.07) is 7.33. The largest absolute Gasteiger partial charge is 0.339 e.